The quantitative estimate of drug-likeness (QED) is 0.261. The number of hydrogen-bond donors (Lipinski definition) is 1. The number of methoxy groups -OCH3 is 1. The molecule has 2 N–H and O–H groups in total. The van der Waals surface area contributed by atoms with Gasteiger partial charge in [-0.2, -0.15) is 0 Å². The largest absolute Gasteiger partial charge is 0.493 e. The summed E-state index contributed by atoms with van der Waals surface area (Å²) in [5, 5.41) is 0. The molecule has 1 unspecified atom stereocenters. The Morgan fingerprint density at radius 1 is 1.03 bits per heavy atom. The van der Waals surface area contributed by atoms with Crippen LogP contribution >= 0.6 is 0 Å². The van der Waals surface area contributed by atoms with Gasteiger partial charge in [-0.3, -0.25) is 14.4 Å². The molecule has 0 fully saturated rings. The van der Waals surface area contributed by atoms with E-state index >= 15 is 0 Å². The number of nitrogens with two attached hydrogens (primary N) is 1. The summed E-state index contributed by atoms with van der Waals surface area (Å²) in [5.74, 6) is -0.283. The second kappa shape index (κ2) is 11.2. The minimum Gasteiger partial charge on any atom is -0.493 e. The van der Waals surface area contributed by atoms with Crippen LogP contribution in [0.25, 0.3) is 6.08 Å². The van der Waals surface area contributed by atoms with E-state index in [1.54, 1.807) is 69.3 Å². The van der Waals surface area contributed by atoms with E-state index in [0.29, 0.717) is 22.6 Å². The van der Waals surface area contributed by atoms with Crippen molar-refractivity contribution in [2.75, 3.05) is 13.7 Å². The van der Waals surface area contributed by atoms with Crippen molar-refractivity contribution >= 4 is 23.6 Å². The minimum absolute atomic E-state index is 0.0828. The second-order valence-electron chi connectivity index (χ2n) is 8.13. The van der Waals surface area contributed by atoms with Crippen LogP contribution in [-0.2, 0) is 14.3 Å². The van der Waals surface area contributed by atoms with Crippen molar-refractivity contribution in [1.82, 2.24) is 0 Å². The molecule has 0 aliphatic carbocycles. The lowest BCUT2D eigenvalue weighted by Gasteiger charge is -2.22. The third-order valence-electron chi connectivity index (χ3n) is 4.21. The van der Waals surface area contributed by atoms with Gasteiger partial charge < -0.3 is 19.9 Å². The molecule has 2 aromatic carbocycles. The number of carbonyl (C=O) groups is 3. The first-order valence-electron chi connectivity index (χ1n) is 10.2. The zero-order valence-corrected chi connectivity index (χ0v) is 18.8. The zero-order valence-electron chi connectivity index (χ0n) is 18.8. The van der Waals surface area contributed by atoms with Crippen molar-refractivity contribution < 1.29 is 28.6 Å². The zero-order chi connectivity index (χ0) is 23.7. The van der Waals surface area contributed by atoms with E-state index in [4.69, 9.17) is 19.9 Å². The normalized spacial score (nSPS) is 12.3. The van der Waals surface area contributed by atoms with Crippen LogP contribution < -0.4 is 15.2 Å². The second-order valence-corrected chi connectivity index (χ2v) is 8.13. The molecule has 7 heteroatoms. The first kappa shape index (κ1) is 24.8. The van der Waals surface area contributed by atoms with Gasteiger partial charge in [-0.1, -0.05) is 42.5 Å². The third kappa shape index (κ3) is 8.00. The standard InChI is InChI=1S/C25H29NO6/c1-25(2,3)32-24(29)20(26)16-31-22-13-11-17(14-23(22)30-4)10-12-19(27)15-21(28)18-8-6-5-7-9-18/h5-14,20H,15-16,26H2,1-4H3/b12-10+. The van der Waals surface area contributed by atoms with E-state index in [-0.39, 0.29) is 24.6 Å². The molecule has 0 saturated heterocycles. The molecule has 0 heterocycles. The molecule has 0 amide bonds. The number of ether oxygens (including phenoxy) is 3. The molecule has 2 aromatic rings. The molecular formula is C25H29NO6. The van der Waals surface area contributed by atoms with Gasteiger partial charge >= 0.3 is 5.97 Å². The summed E-state index contributed by atoms with van der Waals surface area (Å²) in [6.45, 7) is 5.20. The fraction of sp³-hybridized carbons (Fsp3) is 0.320. The lowest BCUT2D eigenvalue weighted by Crippen LogP contribution is -2.41. The first-order chi connectivity index (χ1) is 15.1. The van der Waals surface area contributed by atoms with Gasteiger partial charge in [0, 0.05) is 5.56 Å². The van der Waals surface area contributed by atoms with Gasteiger partial charge in [0.05, 0.1) is 13.5 Å². The lowest BCUT2D eigenvalue weighted by molar-refractivity contribution is -0.157. The number of hydrogen-bond acceptors (Lipinski definition) is 7. The molecule has 2 rings (SSSR count). The monoisotopic (exact) mass is 439 g/mol. The summed E-state index contributed by atoms with van der Waals surface area (Å²) in [5.41, 5.74) is 6.39. The predicted octanol–water partition coefficient (Wildman–Crippen LogP) is 3.60. The van der Waals surface area contributed by atoms with Crippen molar-refractivity contribution in [2.24, 2.45) is 5.73 Å². The Labute approximate surface area is 188 Å². The number of esters is 1. The Balaban J connectivity index is 1.96. The fourth-order valence-electron chi connectivity index (χ4n) is 2.66. The summed E-state index contributed by atoms with van der Waals surface area (Å²) in [7, 11) is 1.48. The topological polar surface area (TPSA) is 105 Å². The highest BCUT2D eigenvalue weighted by Crippen LogP contribution is 2.28. The molecule has 7 nitrogen and oxygen atoms in total. The average Bonchev–Trinajstić information content (AvgIpc) is 2.75. The maximum Gasteiger partial charge on any atom is 0.326 e. The van der Waals surface area contributed by atoms with Crippen molar-refractivity contribution in [3.05, 3.63) is 65.7 Å². The SMILES string of the molecule is COc1cc(/C=C/C(=O)CC(=O)c2ccccc2)ccc1OCC(N)C(=O)OC(C)(C)C. The van der Waals surface area contributed by atoms with Crippen LogP contribution in [0.4, 0.5) is 0 Å². The molecule has 1 atom stereocenters. The Hall–Kier alpha value is -3.45. The van der Waals surface area contributed by atoms with Crippen LogP contribution in [0.2, 0.25) is 0 Å². The molecular weight excluding hydrogens is 410 g/mol. The van der Waals surface area contributed by atoms with Gasteiger partial charge in [-0.25, -0.2) is 0 Å². The highest BCUT2D eigenvalue weighted by atomic mass is 16.6. The highest BCUT2D eigenvalue weighted by Gasteiger charge is 2.23. The Morgan fingerprint density at radius 2 is 1.72 bits per heavy atom. The predicted molar refractivity (Wildman–Crippen MR) is 122 cm³/mol. The summed E-state index contributed by atoms with van der Waals surface area (Å²) in [4.78, 5) is 36.3. The van der Waals surface area contributed by atoms with Crippen molar-refractivity contribution in [3.8, 4) is 11.5 Å². The van der Waals surface area contributed by atoms with E-state index in [9.17, 15) is 14.4 Å². The van der Waals surface area contributed by atoms with Crippen LogP contribution in [-0.4, -0.2) is 42.9 Å². The van der Waals surface area contributed by atoms with E-state index in [1.807, 2.05) is 6.07 Å². The molecule has 0 spiro atoms. The molecule has 170 valence electrons. The summed E-state index contributed by atoms with van der Waals surface area (Å²) >= 11 is 0. The molecule has 0 aliphatic heterocycles. The maximum atomic E-state index is 12.1. The first-order valence-corrected chi connectivity index (χ1v) is 10.2. The lowest BCUT2D eigenvalue weighted by atomic mass is 10.1. The number of Topliss-reactive ketones (excluding diaryl/α,β-unsaturated/α-hetero) is 1. The smallest absolute Gasteiger partial charge is 0.326 e. The van der Waals surface area contributed by atoms with Crippen molar-refractivity contribution in [3.63, 3.8) is 0 Å². The van der Waals surface area contributed by atoms with Crippen LogP contribution in [0.5, 0.6) is 11.5 Å². The average molecular weight is 440 g/mol. The van der Waals surface area contributed by atoms with Gasteiger partial charge in [0.15, 0.2) is 23.1 Å². The van der Waals surface area contributed by atoms with Gasteiger partial charge in [0.2, 0.25) is 0 Å². The van der Waals surface area contributed by atoms with Crippen LogP contribution in [0.1, 0.15) is 43.1 Å². The van der Waals surface area contributed by atoms with Gasteiger partial charge in [-0.05, 0) is 44.5 Å². The van der Waals surface area contributed by atoms with Crippen molar-refractivity contribution in [1.29, 1.82) is 0 Å². The number of benzene rings is 2. The summed E-state index contributed by atoms with van der Waals surface area (Å²) < 4.78 is 16.2. The fourth-order valence-corrected chi connectivity index (χ4v) is 2.66. The highest BCUT2D eigenvalue weighted by molar-refractivity contribution is 6.12. The third-order valence-corrected chi connectivity index (χ3v) is 4.21. The van der Waals surface area contributed by atoms with Gasteiger partial charge in [-0.15, -0.1) is 0 Å². The molecule has 0 saturated carbocycles. The van der Waals surface area contributed by atoms with E-state index in [0.717, 1.165) is 0 Å². The van der Waals surface area contributed by atoms with Crippen LogP contribution in [0, 0.1) is 0 Å². The molecule has 0 bridgehead atoms. The molecule has 0 aromatic heterocycles. The summed E-state index contributed by atoms with van der Waals surface area (Å²) in [6, 6.07) is 12.8. The van der Waals surface area contributed by atoms with Crippen LogP contribution in [0.3, 0.4) is 0 Å². The van der Waals surface area contributed by atoms with Gasteiger partial charge in [0.1, 0.15) is 18.2 Å². The number of carbonyl (C=O) groups excluding carboxylic acids is 3. The van der Waals surface area contributed by atoms with E-state index in [2.05, 4.69) is 0 Å². The van der Waals surface area contributed by atoms with Gasteiger partial charge in [0.25, 0.3) is 0 Å². The van der Waals surface area contributed by atoms with Crippen molar-refractivity contribution in [2.45, 2.75) is 38.8 Å². The Morgan fingerprint density at radius 3 is 2.34 bits per heavy atom. The maximum absolute atomic E-state index is 12.1. The molecule has 32 heavy (non-hydrogen) atoms. The molecule has 0 aliphatic rings. The van der Waals surface area contributed by atoms with Crippen LogP contribution in [0.15, 0.2) is 54.6 Å². The minimum atomic E-state index is -0.946. The van der Waals surface area contributed by atoms with E-state index < -0.39 is 17.6 Å². The molecule has 0 radical (unpaired) electrons. The Kier molecular flexibility index (Phi) is 8.72. The number of rotatable bonds is 10. The number of allylic oxidation sites excluding steroid dienone is 1. The summed E-state index contributed by atoms with van der Waals surface area (Å²) in [6.07, 6.45) is 2.75. The number of ketones is 2. The van der Waals surface area contributed by atoms with E-state index in [1.165, 1.54) is 13.2 Å². The Bertz CT molecular complexity index is 976.